The number of nitrogens with one attached hydrogen (secondary N) is 1. The SMILES string of the molecule is COC(=O)c1cccc(NCc2cc(C#N)cs2)c1C. The highest BCUT2D eigenvalue weighted by Crippen LogP contribution is 2.22. The van der Waals surface area contributed by atoms with E-state index in [0.717, 1.165) is 16.1 Å². The Morgan fingerprint density at radius 2 is 2.30 bits per heavy atom. The van der Waals surface area contributed by atoms with Crippen LogP contribution in [0.4, 0.5) is 5.69 Å². The van der Waals surface area contributed by atoms with Crippen LogP contribution in [0.25, 0.3) is 0 Å². The molecule has 2 rings (SSSR count). The summed E-state index contributed by atoms with van der Waals surface area (Å²) >= 11 is 1.54. The molecule has 1 N–H and O–H groups in total. The predicted molar refractivity (Wildman–Crippen MR) is 78.9 cm³/mol. The van der Waals surface area contributed by atoms with Gasteiger partial charge in [-0.25, -0.2) is 4.79 Å². The highest BCUT2D eigenvalue weighted by molar-refractivity contribution is 7.10. The molecule has 4 nitrogen and oxygen atoms in total. The van der Waals surface area contributed by atoms with Crippen LogP contribution in [0.3, 0.4) is 0 Å². The number of esters is 1. The smallest absolute Gasteiger partial charge is 0.338 e. The summed E-state index contributed by atoms with van der Waals surface area (Å²) in [5.74, 6) is -0.339. The molecular weight excluding hydrogens is 272 g/mol. The largest absolute Gasteiger partial charge is 0.465 e. The topological polar surface area (TPSA) is 62.1 Å². The van der Waals surface area contributed by atoms with E-state index in [1.165, 1.54) is 18.4 Å². The average Bonchev–Trinajstić information content (AvgIpc) is 2.93. The summed E-state index contributed by atoms with van der Waals surface area (Å²) in [4.78, 5) is 12.7. The van der Waals surface area contributed by atoms with Crippen molar-refractivity contribution in [1.82, 2.24) is 0 Å². The van der Waals surface area contributed by atoms with Crippen molar-refractivity contribution in [2.24, 2.45) is 0 Å². The minimum atomic E-state index is -0.339. The van der Waals surface area contributed by atoms with Gasteiger partial charge in [-0.1, -0.05) is 6.07 Å². The quantitative estimate of drug-likeness (QED) is 0.876. The number of hydrogen-bond acceptors (Lipinski definition) is 5. The summed E-state index contributed by atoms with van der Waals surface area (Å²) in [5, 5.41) is 13.9. The molecular formula is C15H14N2O2S. The van der Waals surface area contributed by atoms with E-state index in [2.05, 4.69) is 11.4 Å². The van der Waals surface area contributed by atoms with Crippen LogP contribution in [0.1, 0.15) is 26.4 Å². The van der Waals surface area contributed by atoms with Crippen molar-refractivity contribution < 1.29 is 9.53 Å². The van der Waals surface area contributed by atoms with Crippen molar-refractivity contribution in [2.75, 3.05) is 12.4 Å². The molecule has 0 fully saturated rings. The van der Waals surface area contributed by atoms with Crippen LogP contribution in [-0.2, 0) is 11.3 Å². The van der Waals surface area contributed by atoms with Gasteiger partial charge >= 0.3 is 5.97 Å². The third-order valence-electron chi connectivity index (χ3n) is 2.98. The first kappa shape index (κ1) is 14.1. The Labute approximate surface area is 121 Å². The van der Waals surface area contributed by atoms with E-state index in [1.807, 2.05) is 30.5 Å². The number of anilines is 1. The fraction of sp³-hybridized carbons (Fsp3) is 0.200. The van der Waals surface area contributed by atoms with E-state index in [9.17, 15) is 4.79 Å². The molecule has 1 aromatic carbocycles. The lowest BCUT2D eigenvalue weighted by atomic mass is 10.1. The van der Waals surface area contributed by atoms with Crippen molar-refractivity contribution in [2.45, 2.75) is 13.5 Å². The van der Waals surface area contributed by atoms with Crippen LogP contribution >= 0.6 is 11.3 Å². The van der Waals surface area contributed by atoms with E-state index < -0.39 is 0 Å². The van der Waals surface area contributed by atoms with Crippen LogP contribution in [0, 0.1) is 18.3 Å². The standard InChI is InChI=1S/C15H14N2O2S/c1-10-13(15(18)19-2)4-3-5-14(10)17-8-12-6-11(7-16)9-20-12/h3-6,9,17H,8H2,1-2H3. The van der Waals surface area contributed by atoms with Gasteiger partial charge in [0.15, 0.2) is 0 Å². The van der Waals surface area contributed by atoms with Crippen molar-refractivity contribution in [1.29, 1.82) is 5.26 Å². The summed E-state index contributed by atoms with van der Waals surface area (Å²) < 4.78 is 4.75. The van der Waals surface area contributed by atoms with Gasteiger partial charge in [0.2, 0.25) is 0 Å². The lowest BCUT2D eigenvalue weighted by Gasteiger charge is -2.11. The maximum atomic E-state index is 11.6. The van der Waals surface area contributed by atoms with Gasteiger partial charge in [0.1, 0.15) is 6.07 Å². The van der Waals surface area contributed by atoms with Gasteiger partial charge in [-0.05, 0) is 30.7 Å². The minimum Gasteiger partial charge on any atom is -0.465 e. The summed E-state index contributed by atoms with van der Waals surface area (Å²) in [6, 6.07) is 9.44. The van der Waals surface area contributed by atoms with Gasteiger partial charge < -0.3 is 10.1 Å². The molecule has 0 saturated heterocycles. The molecule has 0 saturated carbocycles. The van der Waals surface area contributed by atoms with E-state index in [0.29, 0.717) is 17.7 Å². The summed E-state index contributed by atoms with van der Waals surface area (Å²) in [5.41, 5.74) is 2.98. The number of thiophene rings is 1. The molecule has 1 aromatic heterocycles. The van der Waals surface area contributed by atoms with Crippen molar-refractivity contribution in [3.8, 4) is 6.07 Å². The molecule has 0 aliphatic rings. The second-order valence-electron chi connectivity index (χ2n) is 4.24. The van der Waals surface area contributed by atoms with Crippen LogP contribution < -0.4 is 5.32 Å². The number of benzene rings is 1. The second-order valence-corrected chi connectivity index (χ2v) is 5.23. The fourth-order valence-electron chi connectivity index (χ4n) is 1.87. The Kier molecular flexibility index (Phi) is 4.38. The Bertz CT molecular complexity index is 671. The molecule has 0 aliphatic heterocycles. The summed E-state index contributed by atoms with van der Waals surface area (Å²) in [7, 11) is 1.37. The van der Waals surface area contributed by atoms with Gasteiger partial charge in [-0.15, -0.1) is 11.3 Å². The zero-order valence-electron chi connectivity index (χ0n) is 11.3. The molecule has 2 aromatic rings. The van der Waals surface area contributed by atoms with E-state index in [4.69, 9.17) is 10.00 Å². The molecule has 0 atom stereocenters. The third kappa shape index (κ3) is 2.98. The zero-order valence-corrected chi connectivity index (χ0v) is 12.1. The Morgan fingerprint density at radius 1 is 1.50 bits per heavy atom. The van der Waals surface area contributed by atoms with Crippen molar-refractivity contribution in [3.05, 3.63) is 51.2 Å². The Hall–Kier alpha value is -2.32. The number of nitrogens with zero attached hydrogens (tertiary/aromatic N) is 1. The Balaban J connectivity index is 2.14. The first-order valence-corrected chi connectivity index (χ1v) is 6.93. The minimum absolute atomic E-state index is 0.339. The van der Waals surface area contributed by atoms with Crippen LogP contribution in [0.5, 0.6) is 0 Å². The van der Waals surface area contributed by atoms with Crippen molar-refractivity contribution >= 4 is 23.0 Å². The second kappa shape index (κ2) is 6.22. The molecule has 0 spiro atoms. The number of methoxy groups -OCH3 is 1. The molecule has 0 unspecified atom stereocenters. The number of carbonyl (C=O) groups excluding carboxylic acids is 1. The monoisotopic (exact) mass is 286 g/mol. The van der Waals surface area contributed by atoms with E-state index in [-0.39, 0.29) is 5.97 Å². The first-order valence-electron chi connectivity index (χ1n) is 6.05. The normalized spacial score (nSPS) is 9.85. The van der Waals surface area contributed by atoms with Gasteiger partial charge in [-0.3, -0.25) is 0 Å². The molecule has 102 valence electrons. The van der Waals surface area contributed by atoms with Gasteiger partial charge in [-0.2, -0.15) is 5.26 Å². The predicted octanol–water partition coefficient (Wildman–Crippen LogP) is 3.33. The molecule has 0 radical (unpaired) electrons. The molecule has 0 aliphatic carbocycles. The number of ether oxygens (including phenoxy) is 1. The highest BCUT2D eigenvalue weighted by atomic mass is 32.1. The highest BCUT2D eigenvalue weighted by Gasteiger charge is 2.11. The average molecular weight is 286 g/mol. The lowest BCUT2D eigenvalue weighted by Crippen LogP contribution is -2.07. The maximum absolute atomic E-state index is 11.6. The van der Waals surface area contributed by atoms with Gasteiger partial charge in [0.25, 0.3) is 0 Å². The molecule has 0 amide bonds. The van der Waals surface area contributed by atoms with E-state index in [1.54, 1.807) is 6.07 Å². The van der Waals surface area contributed by atoms with Crippen molar-refractivity contribution in [3.63, 3.8) is 0 Å². The zero-order chi connectivity index (χ0) is 14.5. The third-order valence-corrected chi connectivity index (χ3v) is 3.91. The number of rotatable bonds is 4. The van der Waals surface area contributed by atoms with Crippen LogP contribution in [-0.4, -0.2) is 13.1 Å². The van der Waals surface area contributed by atoms with Crippen LogP contribution in [0.2, 0.25) is 0 Å². The van der Waals surface area contributed by atoms with Gasteiger partial charge in [0.05, 0.1) is 18.2 Å². The molecule has 0 bridgehead atoms. The number of hydrogen-bond donors (Lipinski definition) is 1. The summed E-state index contributed by atoms with van der Waals surface area (Å²) in [6.45, 7) is 2.50. The van der Waals surface area contributed by atoms with Gasteiger partial charge in [0, 0.05) is 22.5 Å². The number of nitriles is 1. The van der Waals surface area contributed by atoms with Crippen LogP contribution in [0.15, 0.2) is 29.6 Å². The fourth-order valence-corrected chi connectivity index (χ4v) is 2.62. The molecule has 20 heavy (non-hydrogen) atoms. The maximum Gasteiger partial charge on any atom is 0.338 e. The molecule has 1 heterocycles. The summed E-state index contributed by atoms with van der Waals surface area (Å²) in [6.07, 6.45) is 0. The molecule has 5 heteroatoms. The lowest BCUT2D eigenvalue weighted by molar-refractivity contribution is 0.0600. The first-order chi connectivity index (χ1) is 9.65. The van der Waals surface area contributed by atoms with E-state index >= 15 is 0 Å². The number of carbonyl (C=O) groups is 1. The Morgan fingerprint density at radius 3 is 2.95 bits per heavy atom.